The number of piperidine rings is 1. The van der Waals surface area contributed by atoms with E-state index < -0.39 is 0 Å². The summed E-state index contributed by atoms with van der Waals surface area (Å²) >= 11 is 0. The maximum atomic E-state index is 10.9. The van der Waals surface area contributed by atoms with Crippen LogP contribution < -0.4 is 5.32 Å². The fourth-order valence-electron chi connectivity index (χ4n) is 1.95. The number of aldehydes is 1. The lowest BCUT2D eigenvalue weighted by Crippen LogP contribution is -2.35. The Morgan fingerprint density at radius 2 is 2.30 bits per heavy atom. The molecule has 1 aliphatic heterocycles. The topological polar surface area (TPSA) is 46.2 Å². The first-order valence-corrected chi connectivity index (χ1v) is 3.57. The van der Waals surface area contributed by atoms with Crippen molar-refractivity contribution in [1.29, 1.82) is 0 Å². The van der Waals surface area contributed by atoms with E-state index in [4.69, 9.17) is 0 Å². The van der Waals surface area contributed by atoms with Gasteiger partial charge in [-0.15, -0.1) is 0 Å². The standard InChI is InChI=1S/C7H9NO2/c9-3-4-1-5-2-6(4)7(10)8-5/h3-6H,1-2H2,(H,8,10)/t4-,5+,6+/m0/s1. The molecule has 0 spiro atoms. The molecule has 3 heteroatoms. The summed E-state index contributed by atoms with van der Waals surface area (Å²) in [4.78, 5) is 21.3. The molecule has 0 radical (unpaired) electrons. The van der Waals surface area contributed by atoms with E-state index in [0.29, 0.717) is 6.04 Å². The van der Waals surface area contributed by atoms with E-state index in [9.17, 15) is 9.59 Å². The molecular formula is C7H9NO2. The van der Waals surface area contributed by atoms with Crippen LogP contribution in [0.4, 0.5) is 0 Å². The Morgan fingerprint density at radius 3 is 2.70 bits per heavy atom. The number of hydrogen-bond donors (Lipinski definition) is 1. The first kappa shape index (κ1) is 5.89. The largest absolute Gasteiger partial charge is 0.353 e. The fraction of sp³-hybridized carbons (Fsp3) is 0.714. The van der Waals surface area contributed by atoms with Crippen LogP contribution in [0, 0.1) is 11.8 Å². The van der Waals surface area contributed by atoms with Crippen molar-refractivity contribution >= 4 is 12.2 Å². The van der Waals surface area contributed by atoms with Gasteiger partial charge in [0.25, 0.3) is 0 Å². The summed E-state index contributed by atoms with van der Waals surface area (Å²) in [6.45, 7) is 0. The molecule has 1 amide bonds. The average molecular weight is 139 g/mol. The summed E-state index contributed by atoms with van der Waals surface area (Å²) in [7, 11) is 0. The van der Waals surface area contributed by atoms with Gasteiger partial charge in [0.15, 0.2) is 0 Å². The summed E-state index contributed by atoms with van der Waals surface area (Å²) in [5, 5.41) is 2.82. The summed E-state index contributed by atoms with van der Waals surface area (Å²) in [6.07, 6.45) is 2.66. The van der Waals surface area contributed by atoms with Gasteiger partial charge in [-0.05, 0) is 12.8 Å². The number of fused-ring (bicyclic) bond motifs is 2. The van der Waals surface area contributed by atoms with Gasteiger partial charge < -0.3 is 10.1 Å². The molecule has 1 heterocycles. The van der Waals surface area contributed by atoms with Crippen LogP contribution in [-0.4, -0.2) is 18.2 Å². The van der Waals surface area contributed by atoms with Gasteiger partial charge in [0.2, 0.25) is 5.91 Å². The molecular weight excluding hydrogens is 130 g/mol. The zero-order valence-corrected chi connectivity index (χ0v) is 5.54. The molecule has 1 N–H and O–H groups in total. The van der Waals surface area contributed by atoms with Crippen molar-refractivity contribution in [3.8, 4) is 0 Å². The molecule has 1 aliphatic carbocycles. The van der Waals surface area contributed by atoms with Gasteiger partial charge in [0.1, 0.15) is 6.29 Å². The van der Waals surface area contributed by atoms with E-state index in [-0.39, 0.29) is 17.7 Å². The molecule has 3 atom stereocenters. The third kappa shape index (κ3) is 0.602. The first-order chi connectivity index (χ1) is 4.81. The van der Waals surface area contributed by atoms with Crippen LogP contribution in [0.2, 0.25) is 0 Å². The molecule has 0 aromatic rings. The number of hydrogen-bond acceptors (Lipinski definition) is 2. The first-order valence-electron chi connectivity index (χ1n) is 3.57. The lowest BCUT2D eigenvalue weighted by atomic mass is 9.96. The van der Waals surface area contributed by atoms with Gasteiger partial charge in [-0.3, -0.25) is 4.79 Å². The van der Waals surface area contributed by atoms with Crippen LogP contribution in [-0.2, 0) is 9.59 Å². The molecule has 1 saturated carbocycles. The Hall–Kier alpha value is -0.860. The molecule has 2 fully saturated rings. The fourth-order valence-corrected chi connectivity index (χ4v) is 1.95. The number of carbonyl (C=O) groups excluding carboxylic acids is 2. The smallest absolute Gasteiger partial charge is 0.224 e. The molecule has 0 unspecified atom stereocenters. The van der Waals surface area contributed by atoms with E-state index in [2.05, 4.69) is 5.32 Å². The van der Waals surface area contributed by atoms with Crippen molar-refractivity contribution in [2.75, 3.05) is 0 Å². The van der Waals surface area contributed by atoms with Crippen molar-refractivity contribution < 1.29 is 9.59 Å². The van der Waals surface area contributed by atoms with Crippen LogP contribution >= 0.6 is 0 Å². The number of rotatable bonds is 1. The third-order valence-corrected chi connectivity index (χ3v) is 2.47. The minimum absolute atomic E-state index is 0.00231. The molecule has 2 rings (SSSR count). The molecule has 10 heavy (non-hydrogen) atoms. The van der Waals surface area contributed by atoms with Crippen molar-refractivity contribution in [1.82, 2.24) is 5.32 Å². The van der Waals surface area contributed by atoms with Crippen molar-refractivity contribution in [2.24, 2.45) is 11.8 Å². The van der Waals surface area contributed by atoms with Crippen LogP contribution in [0.1, 0.15) is 12.8 Å². The minimum Gasteiger partial charge on any atom is -0.353 e. The average Bonchev–Trinajstić information content (AvgIpc) is 2.44. The Balaban J connectivity index is 2.19. The molecule has 54 valence electrons. The van der Waals surface area contributed by atoms with Crippen molar-refractivity contribution in [3.63, 3.8) is 0 Å². The highest BCUT2D eigenvalue weighted by Crippen LogP contribution is 2.35. The summed E-state index contributed by atoms with van der Waals surface area (Å²) in [5.74, 6) is 0.0922. The Morgan fingerprint density at radius 1 is 1.50 bits per heavy atom. The number of amides is 1. The second-order valence-corrected chi connectivity index (χ2v) is 3.08. The van der Waals surface area contributed by atoms with Gasteiger partial charge in [-0.1, -0.05) is 0 Å². The van der Waals surface area contributed by atoms with Crippen molar-refractivity contribution in [2.45, 2.75) is 18.9 Å². The van der Waals surface area contributed by atoms with E-state index in [1.165, 1.54) is 0 Å². The zero-order chi connectivity index (χ0) is 7.14. The quantitative estimate of drug-likeness (QED) is 0.507. The monoisotopic (exact) mass is 139 g/mol. The lowest BCUT2D eigenvalue weighted by molar-refractivity contribution is -0.128. The predicted molar refractivity (Wildman–Crippen MR) is 34.2 cm³/mol. The van der Waals surface area contributed by atoms with E-state index >= 15 is 0 Å². The van der Waals surface area contributed by atoms with Gasteiger partial charge in [0.05, 0.1) is 0 Å². The maximum absolute atomic E-state index is 10.9. The third-order valence-electron chi connectivity index (χ3n) is 2.47. The van der Waals surface area contributed by atoms with E-state index in [1.807, 2.05) is 0 Å². The van der Waals surface area contributed by atoms with Crippen LogP contribution in [0.15, 0.2) is 0 Å². The Bertz CT molecular complexity index is 188. The molecule has 3 nitrogen and oxygen atoms in total. The van der Waals surface area contributed by atoms with Crippen molar-refractivity contribution in [3.05, 3.63) is 0 Å². The molecule has 0 aromatic carbocycles. The maximum Gasteiger partial charge on any atom is 0.224 e. The molecule has 2 aliphatic rings. The van der Waals surface area contributed by atoms with Crippen LogP contribution in [0.3, 0.4) is 0 Å². The summed E-state index contributed by atoms with van der Waals surface area (Å²) in [5.41, 5.74) is 0. The Labute approximate surface area is 58.8 Å². The highest BCUT2D eigenvalue weighted by atomic mass is 16.2. The van der Waals surface area contributed by atoms with E-state index in [0.717, 1.165) is 19.1 Å². The van der Waals surface area contributed by atoms with Crippen LogP contribution in [0.5, 0.6) is 0 Å². The molecule has 2 bridgehead atoms. The lowest BCUT2D eigenvalue weighted by Gasteiger charge is -2.15. The number of carbonyl (C=O) groups is 2. The summed E-state index contributed by atoms with van der Waals surface area (Å²) < 4.78 is 0. The minimum atomic E-state index is 0.00231. The number of nitrogens with one attached hydrogen (secondary N) is 1. The van der Waals surface area contributed by atoms with Crippen LogP contribution in [0.25, 0.3) is 0 Å². The molecule has 0 aromatic heterocycles. The van der Waals surface area contributed by atoms with Gasteiger partial charge in [-0.25, -0.2) is 0 Å². The highest BCUT2D eigenvalue weighted by Gasteiger charge is 2.45. The second kappa shape index (κ2) is 1.81. The van der Waals surface area contributed by atoms with Gasteiger partial charge >= 0.3 is 0 Å². The van der Waals surface area contributed by atoms with Gasteiger partial charge in [-0.2, -0.15) is 0 Å². The Kier molecular flexibility index (Phi) is 1.07. The zero-order valence-electron chi connectivity index (χ0n) is 5.54. The molecule has 1 saturated heterocycles. The highest BCUT2D eigenvalue weighted by molar-refractivity contribution is 5.85. The SMILES string of the molecule is O=C[C@@H]1C[C@@H]2C[C@H]1C(=O)N2. The normalized spacial score (nSPS) is 43.6. The van der Waals surface area contributed by atoms with Gasteiger partial charge in [0, 0.05) is 17.9 Å². The predicted octanol–water partition coefficient (Wildman–Crippen LogP) is -0.290. The summed E-state index contributed by atoms with van der Waals surface area (Å²) in [6, 6.07) is 0.299. The van der Waals surface area contributed by atoms with E-state index in [1.54, 1.807) is 0 Å². The second-order valence-electron chi connectivity index (χ2n) is 3.08.